The largest absolute Gasteiger partial charge is 0.514 e. The van der Waals surface area contributed by atoms with E-state index in [4.69, 9.17) is 18.9 Å². The van der Waals surface area contributed by atoms with Crippen LogP contribution in [0.4, 0.5) is 4.79 Å². The van der Waals surface area contributed by atoms with Crippen molar-refractivity contribution >= 4 is 6.16 Å². The van der Waals surface area contributed by atoms with Crippen LogP contribution >= 0.6 is 0 Å². The molecule has 6 heteroatoms. The lowest BCUT2D eigenvalue weighted by molar-refractivity contribution is 0.0196. The Kier molecular flexibility index (Phi) is 5.21. The molecule has 112 valence electrons. The van der Waals surface area contributed by atoms with Crippen molar-refractivity contribution in [3.05, 3.63) is 17.7 Å². The summed E-state index contributed by atoms with van der Waals surface area (Å²) in [6, 6.07) is 3.20. The third-order valence-electron chi connectivity index (χ3n) is 2.33. The molecule has 6 nitrogen and oxygen atoms in total. The highest BCUT2D eigenvalue weighted by Crippen LogP contribution is 2.40. The summed E-state index contributed by atoms with van der Waals surface area (Å²) >= 11 is 0. The second kappa shape index (κ2) is 6.47. The van der Waals surface area contributed by atoms with E-state index in [0.29, 0.717) is 11.3 Å². The average Bonchev–Trinajstić information content (AvgIpc) is 2.35. The van der Waals surface area contributed by atoms with Crippen LogP contribution in [0.2, 0.25) is 0 Å². The van der Waals surface area contributed by atoms with Gasteiger partial charge in [0.05, 0.1) is 20.8 Å². The van der Waals surface area contributed by atoms with Gasteiger partial charge in [0.25, 0.3) is 0 Å². The van der Waals surface area contributed by atoms with Gasteiger partial charge in [-0.3, -0.25) is 0 Å². The maximum atomic E-state index is 11.7. The van der Waals surface area contributed by atoms with Crippen molar-refractivity contribution in [2.45, 2.75) is 33.0 Å². The van der Waals surface area contributed by atoms with E-state index in [1.165, 1.54) is 14.2 Å². The monoisotopic (exact) mass is 284 g/mol. The molecule has 0 aliphatic heterocycles. The Morgan fingerprint density at radius 3 is 2.25 bits per heavy atom. The van der Waals surface area contributed by atoms with Crippen LogP contribution in [0.3, 0.4) is 0 Å². The molecule has 0 heterocycles. The van der Waals surface area contributed by atoms with Gasteiger partial charge in [-0.25, -0.2) is 4.79 Å². The molecule has 0 atom stereocenters. The molecule has 0 fully saturated rings. The zero-order valence-corrected chi connectivity index (χ0v) is 12.4. The molecule has 0 amide bonds. The first-order chi connectivity index (χ1) is 9.32. The topological polar surface area (TPSA) is 74.2 Å². The van der Waals surface area contributed by atoms with E-state index in [1.807, 2.05) is 0 Å². The number of benzene rings is 1. The first-order valence-electron chi connectivity index (χ1n) is 6.08. The van der Waals surface area contributed by atoms with Gasteiger partial charge < -0.3 is 24.1 Å². The van der Waals surface area contributed by atoms with E-state index in [0.717, 1.165) is 0 Å². The summed E-state index contributed by atoms with van der Waals surface area (Å²) in [5, 5.41) is 9.32. The Morgan fingerprint density at radius 2 is 1.80 bits per heavy atom. The summed E-state index contributed by atoms with van der Waals surface area (Å²) in [7, 11) is 2.88. The molecule has 0 aliphatic carbocycles. The molecule has 0 saturated carbocycles. The smallest absolute Gasteiger partial charge is 0.493 e. The first-order valence-corrected chi connectivity index (χ1v) is 6.08. The number of carbonyl (C=O) groups is 1. The lowest BCUT2D eigenvalue weighted by Crippen LogP contribution is -2.26. The van der Waals surface area contributed by atoms with Crippen molar-refractivity contribution in [3.8, 4) is 17.2 Å². The summed E-state index contributed by atoms with van der Waals surface area (Å²) in [5.41, 5.74) is -0.281. The molecule has 1 aromatic carbocycles. The molecule has 0 aliphatic rings. The maximum absolute atomic E-state index is 11.7. The zero-order valence-electron chi connectivity index (χ0n) is 12.4. The standard InChI is InChI=1S/C14H20O6/c1-14(2,3)20-13(16)19-11-9(8-15)6-7-10(17-4)12(11)18-5/h6-7,15H,8H2,1-5H3. The van der Waals surface area contributed by atoms with Gasteiger partial charge in [-0.05, 0) is 32.9 Å². The van der Waals surface area contributed by atoms with Crippen molar-refractivity contribution in [2.75, 3.05) is 14.2 Å². The molecular formula is C14H20O6. The van der Waals surface area contributed by atoms with Gasteiger partial charge in [-0.2, -0.15) is 0 Å². The Labute approximate surface area is 118 Å². The van der Waals surface area contributed by atoms with Crippen molar-refractivity contribution in [1.82, 2.24) is 0 Å². The predicted molar refractivity (Wildman–Crippen MR) is 72.3 cm³/mol. The number of aliphatic hydroxyl groups excluding tert-OH is 1. The minimum absolute atomic E-state index is 0.0867. The predicted octanol–water partition coefficient (Wildman–Crippen LogP) is 2.51. The van der Waals surface area contributed by atoms with Crippen LogP contribution in [0.1, 0.15) is 26.3 Å². The minimum Gasteiger partial charge on any atom is -0.493 e. The minimum atomic E-state index is -0.876. The van der Waals surface area contributed by atoms with Crippen LogP contribution in [0, 0.1) is 0 Å². The Morgan fingerprint density at radius 1 is 1.15 bits per heavy atom. The van der Waals surface area contributed by atoms with Gasteiger partial charge in [-0.1, -0.05) is 0 Å². The van der Waals surface area contributed by atoms with Crippen LogP contribution in [0.25, 0.3) is 0 Å². The average molecular weight is 284 g/mol. The molecular weight excluding hydrogens is 264 g/mol. The van der Waals surface area contributed by atoms with Gasteiger partial charge in [0.2, 0.25) is 5.75 Å². The quantitative estimate of drug-likeness (QED) is 0.676. The second-order valence-electron chi connectivity index (χ2n) is 5.01. The Balaban J connectivity index is 3.11. The van der Waals surface area contributed by atoms with Crippen molar-refractivity contribution in [3.63, 3.8) is 0 Å². The maximum Gasteiger partial charge on any atom is 0.514 e. The highest BCUT2D eigenvalue weighted by Gasteiger charge is 2.23. The van der Waals surface area contributed by atoms with Crippen molar-refractivity contribution < 1.29 is 28.8 Å². The number of carbonyl (C=O) groups excluding carboxylic acids is 1. The number of hydrogen-bond donors (Lipinski definition) is 1. The summed E-state index contributed by atoms with van der Waals surface area (Å²) in [4.78, 5) is 11.7. The van der Waals surface area contributed by atoms with Gasteiger partial charge >= 0.3 is 6.16 Å². The zero-order chi connectivity index (χ0) is 15.3. The third-order valence-corrected chi connectivity index (χ3v) is 2.33. The number of methoxy groups -OCH3 is 2. The summed E-state index contributed by atoms with van der Waals surface area (Å²) in [6.45, 7) is 4.87. The molecule has 0 radical (unpaired) electrons. The fourth-order valence-corrected chi connectivity index (χ4v) is 1.53. The summed E-state index contributed by atoms with van der Waals surface area (Å²) in [5.74, 6) is 0.705. The summed E-state index contributed by atoms with van der Waals surface area (Å²) < 4.78 is 20.5. The lowest BCUT2D eigenvalue weighted by Gasteiger charge is -2.20. The van der Waals surface area contributed by atoms with E-state index in [-0.39, 0.29) is 18.1 Å². The molecule has 0 aromatic heterocycles. The second-order valence-corrected chi connectivity index (χ2v) is 5.01. The van der Waals surface area contributed by atoms with Crippen LogP contribution in [0.5, 0.6) is 17.2 Å². The van der Waals surface area contributed by atoms with Crippen LogP contribution in [-0.2, 0) is 11.3 Å². The lowest BCUT2D eigenvalue weighted by atomic mass is 10.2. The number of aliphatic hydroxyl groups is 1. The SMILES string of the molecule is COc1ccc(CO)c(OC(=O)OC(C)(C)C)c1OC. The molecule has 1 rings (SSSR count). The molecule has 0 saturated heterocycles. The van der Waals surface area contributed by atoms with Crippen molar-refractivity contribution in [2.24, 2.45) is 0 Å². The van der Waals surface area contributed by atoms with Gasteiger partial charge in [0.15, 0.2) is 11.5 Å². The molecule has 1 aromatic rings. The van der Waals surface area contributed by atoms with Gasteiger partial charge in [0.1, 0.15) is 5.60 Å². The van der Waals surface area contributed by atoms with Crippen molar-refractivity contribution in [1.29, 1.82) is 0 Å². The molecule has 0 unspecified atom stereocenters. The van der Waals surface area contributed by atoms with E-state index < -0.39 is 11.8 Å². The highest BCUT2D eigenvalue weighted by molar-refractivity contribution is 5.68. The molecule has 0 spiro atoms. The van der Waals surface area contributed by atoms with E-state index in [1.54, 1.807) is 32.9 Å². The fraction of sp³-hybridized carbons (Fsp3) is 0.500. The molecule has 0 bridgehead atoms. The molecule has 1 N–H and O–H groups in total. The highest BCUT2D eigenvalue weighted by atomic mass is 16.7. The van der Waals surface area contributed by atoms with Gasteiger partial charge in [-0.15, -0.1) is 0 Å². The first kappa shape index (κ1) is 16.1. The summed E-state index contributed by atoms with van der Waals surface area (Å²) in [6.07, 6.45) is -0.876. The Bertz CT molecular complexity index is 475. The normalized spacial score (nSPS) is 10.9. The third kappa shape index (κ3) is 4.03. The van der Waals surface area contributed by atoms with E-state index in [2.05, 4.69) is 0 Å². The van der Waals surface area contributed by atoms with Gasteiger partial charge in [0, 0.05) is 5.56 Å². The van der Waals surface area contributed by atoms with Crippen LogP contribution < -0.4 is 14.2 Å². The van der Waals surface area contributed by atoms with E-state index >= 15 is 0 Å². The number of ether oxygens (including phenoxy) is 4. The molecule has 20 heavy (non-hydrogen) atoms. The number of rotatable bonds is 4. The Hall–Kier alpha value is -1.95. The number of hydrogen-bond acceptors (Lipinski definition) is 6. The fourth-order valence-electron chi connectivity index (χ4n) is 1.53. The van der Waals surface area contributed by atoms with E-state index in [9.17, 15) is 9.90 Å². The van der Waals surface area contributed by atoms with Crippen LogP contribution in [-0.4, -0.2) is 31.1 Å². The van der Waals surface area contributed by atoms with Crippen LogP contribution in [0.15, 0.2) is 12.1 Å².